The van der Waals surface area contributed by atoms with Gasteiger partial charge in [-0.25, -0.2) is 21.2 Å². The molecule has 0 fully saturated rings. The van der Waals surface area contributed by atoms with Gasteiger partial charge in [0.1, 0.15) is 0 Å². The molecule has 0 amide bonds. The lowest BCUT2D eigenvalue weighted by atomic mass is 10.0. The van der Waals surface area contributed by atoms with Gasteiger partial charge in [0.05, 0.1) is 10.4 Å². The summed E-state index contributed by atoms with van der Waals surface area (Å²) in [5.41, 5.74) is 2.25. The highest BCUT2D eigenvalue weighted by molar-refractivity contribution is 7.90. The fourth-order valence-electron chi connectivity index (χ4n) is 3.24. The number of hydrogen-bond acceptors (Lipinski definition) is 3. The summed E-state index contributed by atoms with van der Waals surface area (Å²) in [6.45, 7) is 1.67. The first kappa shape index (κ1) is 16.2. The molecule has 0 atom stereocenters. The molecule has 0 spiro atoms. The number of halogens is 2. The molecule has 25 heavy (non-hydrogen) atoms. The van der Waals surface area contributed by atoms with Gasteiger partial charge in [-0.1, -0.05) is 6.07 Å². The van der Waals surface area contributed by atoms with Crippen molar-refractivity contribution in [2.45, 2.75) is 17.7 Å². The SMILES string of the molecule is O=S(=O)(c1ccc2c(c1)CCNCC2)n1ccc2cc(F)c(F)cc21. The van der Waals surface area contributed by atoms with Crippen LogP contribution in [0.4, 0.5) is 8.78 Å². The van der Waals surface area contributed by atoms with Crippen molar-refractivity contribution in [3.8, 4) is 0 Å². The smallest absolute Gasteiger partial charge is 0.268 e. The van der Waals surface area contributed by atoms with Crippen molar-refractivity contribution in [2.24, 2.45) is 0 Å². The Labute approximate surface area is 144 Å². The zero-order valence-electron chi connectivity index (χ0n) is 13.3. The molecule has 0 saturated carbocycles. The summed E-state index contributed by atoms with van der Waals surface area (Å²) in [5, 5.41) is 3.62. The monoisotopic (exact) mass is 362 g/mol. The number of rotatable bonds is 2. The van der Waals surface area contributed by atoms with Crippen LogP contribution in [0, 0.1) is 11.6 Å². The minimum atomic E-state index is -3.89. The summed E-state index contributed by atoms with van der Waals surface area (Å²) in [4.78, 5) is 0.149. The predicted octanol–water partition coefficient (Wildman–Crippen LogP) is 2.84. The van der Waals surface area contributed by atoms with Crippen molar-refractivity contribution in [3.63, 3.8) is 0 Å². The molecule has 7 heteroatoms. The Morgan fingerprint density at radius 1 is 0.920 bits per heavy atom. The topological polar surface area (TPSA) is 51.1 Å². The Bertz CT molecular complexity index is 1070. The van der Waals surface area contributed by atoms with Crippen LogP contribution in [0.3, 0.4) is 0 Å². The van der Waals surface area contributed by atoms with Crippen LogP contribution in [-0.4, -0.2) is 25.5 Å². The Hall–Kier alpha value is -2.25. The molecular weight excluding hydrogens is 346 g/mol. The third kappa shape index (κ3) is 2.73. The van der Waals surface area contributed by atoms with Gasteiger partial charge in [-0.3, -0.25) is 0 Å². The average molecular weight is 362 g/mol. The van der Waals surface area contributed by atoms with Crippen molar-refractivity contribution in [1.29, 1.82) is 0 Å². The maximum atomic E-state index is 13.6. The van der Waals surface area contributed by atoms with Crippen LogP contribution in [-0.2, 0) is 22.9 Å². The molecule has 2 aromatic carbocycles. The fraction of sp³-hybridized carbons (Fsp3) is 0.222. The molecule has 0 aliphatic carbocycles. The highest BCUT2D eigenvalue weighted by Crippen LogP contribution is 2.26. The Morgan fingerprint density at radius 3 is 2.44 bits per heavy atom. The van der Waals surface area contributed by atoms with Crippen molar-refractivity contribution in [2.75, 3.05) is 13.1 Å². The molecular formula is C18H16F2N2O2S. The molecule has 0 bridgehead atoms. The minimum absolute atomic E-state index is 0.121. The summed E-state index contributed by atoms with van der Waals surface area (Å²) in [6, 6.07) is 8.47. The van der Waals surface area contributed by atoms with E-state index in [1.807, 2.05) is 6.07 Å². The number of nitrogens with zero attached hydrogens (tertiary/aromatic N) is 1. The van der Waals surface area contributed by atoms with Crippen molar-refractivity contribution < 1.29 is 17.2 Å². The van der Waals surface area contributed by atoms with Gasteiger partial charge >= 0.3 is 0 Å². The molecule has 1 aliphatic rings. The number of hydrogen-bond donors (Lipinski definition) is 1. The number of fused-ring (bicyclic) bond motifs is 2. The molecule has 3 aromatic rings. The second kappa shape index (κ2) is 5.93. The summed E-state index contributed by atoms with van der Waals surface area (Å²) < 4.78 is 54.0. The lowest BCUT2D eigenvalue weighted by Gasteiger charge is -2.11. The molecule has 1 aliphatic heterocycles. The lowest BCUT2D eigenvalue weighted by Crippen LogP contribution is -2.16. The average Bonchev–Trinajstić information content (AvgIpc) is 2.85. The van der Waals surface area contributed by atoms with Crippen molar-refractivity contribution in [3.05, 3.63) is 65.4 Å². The van der Waals surface area contributed by atoms with Crippen LogP contribution < -0.4 is 5.32 Å². The normalized spacial score (nSPS) is 15.1. The molecule has 0 saturated heterocycles. The van der Waals surface area contributed by atoms with E-state index in [2.05, 4.69) is 5.32 Å². The van der Waals surface area contributed by atoms with Gasteiger partial charge in [-0.2, -0.15) is 0 Å². The molecule has 1 N–H and O–H groups in total. The molecule has 2 heterocycles. The predicted molar refractivity (Wildman–Crippen MR) is 91.2 cm³/mol. The Kier molecular flexibility index (Phi) is 3.85. The molecule has 4 nitrogen and oxygen atoms in total. The zero-order chi connectivity index (χ0) is 17.6. The first-order valence-corrected chi connectivity index (χ1v) is 9.45. The Balaban J connectivity index is 1.85. The fourth-order valence-corrected chi connectivity index (χ4v) is 4.63. The van der Waals surface area contributed by atoms with Crippen LogP contribution in [0.5, 0.6) is 0 Å². The van der Waals surface area contributed by atoms with E-state index in [0.717, 1.165) is 53.2 Å². The van der Waals surface area contributed by atoms with Gasteiger partial charge in [0.2, 0.25) is 0 Å². The third-order valence-electron chi connectivity index (χ3n) is 4.57. The highest BCUT2D eigenvalue weighted by atomic mass is 32.2. The Morgan fingerprint density at radius 2 is 1.64 bits per heavy atom. The second-order valence-electron chi connectivity index (χ2n) is 6.12. The van der Waals surface area contributed by atoms with Gasteiger partial charge < -0.3 is 5.32 Å². The van der Waals surface area contributed by atoms with Crippen molar-refractivity contribution >= 4 is 20.9 Å². The molecule has 4 rings (SSSR count). The maximum absolute atomic E-state index is 13.6. The maximum Gasteiger partial charge on any atom is 0.268 e. The van der Waals surface area contributed by atoms with Crippen LogP contribution in [0.25, 0.3) is 10.9 Å². The molecule has 0 radical (unpaired) electrons. The van der Waals surface area contributed by atoms with E-state index in [4.69, 9.17) is 0 Å². The van der Waals surface area contributed by atoms with Crippen LogP contribution in [0.15, 0.2) is 47.5 Å². The van der Waals surface area contributed by atoms with Crippen LogP contribution in [0.1, 0.15) is 11.1 Å². The van der Waals surface area contributed by atoms with Gasteiger partial charge in [0.25, 0.3) is 10.0 Å². The summed E-state index contributed by atoms with van der Waals surface area (Å²) in [5.74, 6) is -2.07. The van der Waals surface area contributed by atoms with Gasteiger partial charge in [-0.05, 0) is 61.3 Å². The van der Waals surface area contributed by atoms with E-state index in [9.17, 15) is 17.2 Å². The van der Waals surface area contributed by atoms with Crippen LogP contribution in [0.2, 0.25) is 0 Å². The minimum Gasteiger partial charge on any atom is -0.316 e. The van der Waals surface area contributed by atoms with Crippen LogP contribution >= 0.6 is 0 Å². The number of benzene rings is 2. The van der Waals surface area contributed by atoms with Gasteiger partial charge in [0.15, 0.2) is 11.6 Å². The van der Waals surface area contributed by atoms with Gasteiger partial charge in [0, 0.05) is 17.6 Å². The largest absolute Gasteiger partial charge is 0.316 e. The van der Waals surface area contributed by atoms with E-state index in [1.165, 1.54) is 12.3 Å². The molecule has 130 valence electrons. The lowest BCUT2D eigenvalue weighted by molar-refractivity contribution is 0.510. The van der Waals surface area contributed by atoms with E-state index in [-0.39, 0.29) is 10.4 Å². The van der Waals surface area contributed by atoms with E-state index < -0.39 is 21.7 Å². The van der Waals surface area contributed by atoms with E-state index in [0.29, 0.717) is 5.39 Å². The van der Waals surface area contributed by atoms with E-state index in [1.54, 1.807) is 12.1 Å². The summed E-state index contributed by atoms with van der Waals surface area (Å²) in [7, 11) is -3.89. The quantitative estimate of drug-likeness (QED) is 0.763. The zero-order valence-corrected chi connectivity index (χ0v) is 14.1. The number of aromatic nitrogens is 1. The third-order valence-corrected chi connectivity index (χ3v) is 6.26. The molecule has 0 unspecified atom stereocenters. The number of nitrogens with one attached hydrogen (secondary N) is 1. The first-order chi connectivity index (χ1) is 12.0. The highest BCUT2D eigenvalue weighted by Gasteiger charge is 2.21. The molecule has 1 aromatic heterocycles. The van der Waals surface area contributed by atoms with Gasteiger partial charge in [-0.15, -0.1) is 0 Å². The second-order valence-corrected chi connectivity index (χ2v) is 7.94. The van der Waals surface area contributed by atoms with Crippen molar-refractivity contribution in [1.82, 2.24) is 9.29 Å². The summed E-state index contributed by atoms with van der Waals surface area (Å²) in [6.07, 6.45) is 2.93. The summed E-state index contributed by atoms with van der Waals surface area (Å²) >= 11 is 0. The first-order valence-electron chi connectivity index (χ1n) is 8.01. The standard InChI is InChI=1S/C18H16F2N2O2S/c19-16-10-14-5-8-22(18(14)11-17(16)20)25(23,24)15-2-1-12-3-6-21-7-4-13(12)9-15/h1-2,5,8-11,21H,3-4,6-7H2. The van der Waals surface area contributed by atoms with E-state index >= 15 is 0 Å².